The van der Waals surface area contributed by atoms with Gasteiger partial charge in [-0.1, -0.05) is 0 Å². The average Bonchev–Trinajstić information content (AvgIpc) is 1.88. The Kier molecular flexibility index (Phi) is 4.58. The third kappa shape index (κ3) is 3.81. The standard InChI is InChI=1S/C8H7O2.Fe/c9-8(10)6-7-4-2-1-3-5-7;/h2-5H,6H2,(H,9,10);/q-1;. The van der Waals surface area contributed by atoms with Crippen LogP contribution in [0.15, 0.2) is 24.3 Å². The molecule has 0 unspecified atom stereocenters. The van der Waals surface area contributed by atoms with Gasteiger partial charge in [0.2, 0.25) is 0 Å². The molecule has 0 aromatic heterocycles. The topological polar surface area (TPSA) is 37.3 Å². The molecule has 11 heavy (non-hydrogen) atoms. The van der Waals surface area contributed by atoms with E-state index >= 15 is 0 Å². The normalized spacial score (nSPS) is 8.36. The van der Waals surface area contributed by atoms with E-state index in [9.17, 15) is 4.79 Å². The average molecular weight is 191 g/mol. The van der Waals surface area contributed by atoms with Crippen LogP contribution in [0.5, 0.6) is 0 Å². The van der Waals surface area contributed by atoms with Crippen LogP contribution in [0.1, 0.15) is 5.56 Å². The summed E-state index contributed by atoms with van der Waals surface area (Å²) in [5.74, 6) is -0.800. The summed E-state index contributed by atoms with van der Waals surface area (Å²) in [6.45, 7) is 0. The Hall–Kier alpha value is -0.791. The molecule has 1 aromatic carbocycles. The molecule has 2 nitrogen and oxygen atoms in total. The van der Waals surface area contributed by atoms with Gasteiger partial charge in [0.1, 0.15) is 0 Å². The maximum atomic E-state index is 10.2. The van der Waals surface area contributed by atoms with Crippen LogP contribution in [0.4, 0.5) is 0 Å². The molecule has 0 amide bonds. The summed E-state index contributed by atoms with van der Waals surface area (Å²) in [6, 6.07) is 9.71. The van der Waals surface area contributed by atoms with Crippen molar-refractivity contribution in [2.24, 2.45) is 0 Å². The second kappa shape index (κ2) is 4.94. The van der Waals surface area contributed by atoms with Gasteiger partial charge in [0, 0.05) is 23.5 Å². The summed E-state index contributed by atoms with van der Waals surface area (Å²) in [6.07, 6.45) is 0.0919. The van der Waals surface area contributed by atoms with Gasteiger partial charge >= 0.3 is 5.97 Å². The maximum Gasteiger partial charge on any atom is 0.305 e. The molecule has 0 bridgehead atoms. The van der Waals surface area contributed by atoms with Crippen LogP contribution < -0.4 is 0 Å². The summed E-state index contributed by atoms with van der Waals surface area (Å²) in [5, 5.41) is 8.36. The molecular weight excluding hydrogens is 184 g/mol. The van der Waals surface area contributed by atoms with Crippen LogP contribution in [0.25, 0.3) is 0 Å². The molecule has 0 radical (unpaired) electrons. The number of carboxylic acid groups (broad SMARTS) is 1. The van der Waals surface area contributed by atoms with Gasteiger partial charge in [-0.3, -0.25) is 4.79 Å². The van der Waals surface area contributed by atoms with Gasteiger partial charge < -0.3 is 5.11 Å². The Morgan fingerprint density at radius 1 is 1.45 bits per heavy atom. The Bertz CT molecular complexity index is 221. The first-order chi connectivity index (χ1) is 4.79. The molecule has 0 atom stereocenters. The SMILES string of the molecule is O=C(O)Cc1cc[c-]cc1.[Fe]. The Balaban J connectivity index is 0.000001000. The van der Waals surface area contributed by atoms with Crippen molar-refractivity contribution in [2.75, 3.05) is 0 Å². The summed E-state index contributed by atoms with van der Waals surface area (Å²) in [4.78, 5) is 10.2. The quantitative estimate of drug-likeness (QED) is 0.561. The van der Waals surface area contributed by atoms with Gasteiger partial charge in [0.25, 0.3) is 0 Å². The minimum Gasteiger partial charge on any atom is -0.481 e. The van der Waals surface area contributed by atoms with E-state index < -0.39 is 5.97 Å². The predicted molar refractivity (Wildman–Crippen MR) is 36.6 cm³/mol. The number of hydrogen-bond donors (Lipinski definition) is 1. The van der Waals surface area contributed by atoms with Crippen LogP contribution in [0, 0.1) is 6.07 Å². The second-order valence-corrected chi connectivity index (χ2v) is 1.98. The first-order valence-electron chi connectivity index (χ1n) is 2.96. The minimum atomic E-state index is -0.800. The second-order valence-electron chi connectivity index (χ2n) is 1.98. The fourth-order valence-electron chi connectivity index (χ4n) is 0.714. The Morgan fingerprint density at radius 2 is 2.00 bits per heavy atom. The van der Waals surface area contributed by atoms with E-state index in [1.807, 2.05) is 0 Å². The number of carboxylic acids is 1. The summed E-state index contributed by atoms with van der Waals surface area (Å²) >= 11 is 0. The molecule has 60 valence electrons. The van der Waals surface area contributed by atoms with Crippen molar-refractivity contribution in [1.82, 2.24) is 0 Å². The van der Waals surface area contributed by atoms with Crippen molar-refractivity contribution in [2.45, 2.75) is 6.42 Å². The Morgan fingerprint density at radius 3 is 2.45 bits per heavy atom. The monoisotopic (exact) mass is 191 g/mol. The molecule has 1 N–H and O–H groups in total. The first-order valence-corrected chi connectivity index (χ1v) is 2.96. The molecule has 1 rings (SSSR count). The van der Waals surface area contributed by atoms with Crippen LogP contribution in [-0.4, -0.2) is 11.1 Å². The molecule has 0 fully saturated rings. The third-order valence-corrected chi connectivity index (χ3v) is 1.14. The molecular formula is C8H7FeO2-. The summed E-state index contributed by atoms with van der Waals surface area (Å²) < 4.78 is 0. The Labute approximate surface area is 75.7 Å². The van der Waals surface area contributed by atoms with E-state index in [4.69, 9.17) is 5.11 Å². The third-order valence-electron chi connectivity index (χ3n) is 1.14. The van der Waals surface area contributed by atoms with E-state index in [1.54, 1.807) is 24.3 Å². The largest absolute Gasteiger partial charge is 0.481 e. The maximum absolute atomic E-state index is 10.2. The van der Waals surface area contributed by atoms with Gasteiger partial charge in [-0.2, -0.15) is 30.3 Å². The fraction of sp³-hybridized carbons (Fsp3) is 0.125. The van der Waals surface area contributed by atoms with Gasteiger partial charge in [-0.25, -0.2) is 0 Å². The number of carbonyl (C=O) groups is 1. The molecule has 0 aliphatic rings. The predicted octanol–water partition coefficient (Wildman–Crippen LogP) is 1.11. The van der Waals surface area contributed by atoms with E-state index in [-0.39, 0.29) is 23.5 Å². The molecule has 0 spiro atoms. The molecule has 0 saturated heterocycles. The van der Waals surface area contributed by atoms with Crippen molar-refractivity contribution in [3.63, 3.8) is 0 Å². The van der Waals surface area contributed by atoms with Gasteiger partial charge in [0.15, 0.2) is 0 Å². The first kappa shape index (κ1) is 10.2. The fourth-order valence-corrected chi connectivity index (χ4v) is 0.714. The van der Waals surface area contributed by atoms with Crippen molar-refractivity contribution in [3.8, 4) is 0 Å². The molecule has 3 heteroatoms. The zero-order valence-corrected chi connectivity index (χ0v) is 6.83. The summed E-state index contributed by atoms with van der Waals surface area (Å²) in [5.41, 5.74) is 0.811. The van der Waals surface area contributed by atoms with E-state index in [0.717, 1.165) is 5.56 Å². The van der Waals surface area contributed by atoms with E-state index in [0.29, 0.717) is 0 Å². The zero-order chi connectivity index (χ0) is 7.40. The minimum absolute atomic E-state index is 0. The molecule has 0 aliphatic heterocycles. The van der Waals surface area contributed by atoms with Crippen molar-refractivity contribution in [1.29, 1.82) is 0 Å². The van der Waals surface area contributed by atoms with Crippen LogP contribution >= 0.6 is 0 Å². The van der Waals surface area contributed by atoms with Crippen LogP contribution in [-0.2, 0) is 28.3 Å². The number of rotatable bonds is 2. The number of aliphatic carboxylic acids is 1. The summed E-state index contributed by atoms with van der Waals surface area (Å²) in [7, 11) is 0. The van der Waals surface area contributed by atoms with Crippen molar-refractivity contribution >= 4 is 5.97 Å². The van der Waals surface area contributed by atoms with Crippen LogP contribution in [0.3, 0.4) is 0 Å². The van der Waals surface area contributed by atoms with Crippen LogP contribution in [0.2, 0.25) is 0 Å². The molecule has 0 heterocycles. The molecule has 0 saturated carbocycles. The van der Waals surface area contributed by atoms with Gasteiger partial charge in [-0.15, -0.1) is 5.56 Å². The van der Waals surface area contributed by atoms with Gasteiger partial charge in [0.05, 0.1) is 0 Å². The van der Waals surface area contributed by atoms with E-state index in [2.05, 4.69) is 6.07 Å². The van der Waals surface area contributed by atoms with Crippen molar-refractivity contribution < 1.29 is 27.0 Å². The number of hydrogen-bond acceptors (Lipinski definition) is 1. The molecule has 1 aromatic rings. The van der Waals surface area contributed by atoms with Crippen molar-refractivity contribution in [3.05, 3.63) is 35.9 Å². The zero-order valence-electron chi connectivity index (χ0n) is 5.73. The van der Waals surface area contributed by atoms with Gasteiger partial charge in [-0.05, 0) is 0 Å². The molecule has 0 aliphatic carbocycles. The number of benzene rings is 1. The smallest absolute Gasteiger partial charge is 0.305 e. The van der Waals surface area contributed by atoms with E-state index in [1.165, 1.54) is 0 Å².